The van der Waals surface area contributed by atoms with Gasteiger partial charge in [0, 0.05) is 70.0 Å². The molecule has 188 valence electrons. The van der Waals surface area contributed by atoms with Crippen LogP contribution < -0.4 is 0 Å². The number of ether oxygens (including phenoxy) is 4. The molecule has 0 aromatic rings. The molecule has 6 fully saturated rings. The van der Waals surface area contributed by atoms with Crippen molar-refractivity contribution in [1.29, 1.82) is 0 Å². The third-order valence-electron chi connectivity index (χ3n) is 11.5. The minimum Gasteiger partial charge on any atom is -0.392 e. The van der Waals surface area contributed by atoms with E-state index >= 15 is 0 Å². The Balaban J connectivity index is 1.67. The summed E-state index contributed by atoms with van der Waals surface area (Å²) in [6, 6.07) is -0.386. The van der Waals surface area contributed by atoms with Crippen LogP contribution in [0.2, 0.25) is 0 Å². The molecule has 0 aromatic heterocycles. The van der Waals surface area contributed by atoms with Crippen LogP contribution in [0.3, 0.4) is 0 Å². The Labute approximate surface area is 196 Å². The van der Waals surface area contributed by atoms with Crippen molar-refractivity contribution in [3.8, 4) is 0 Å². The van der Waals surface area contributed by atoms with Gasteiger partial charge in [-0.05, 0) is 31.7 Å². The van der Waals surface area contributed by atoms with E-state index < -0.39 is 28.8 Å². The van der Waals surface area contributed by atoms with E-state index in [0.717, 1.165) is 25.9 Å². The zero-order chi connectivity index (χ0) is 23.6. The van der Waals surface area contributed by atoms with E-state index in [2.05, 4.69) is 11.8 Å². The van der Waals surface area contributed by atoms with E-state index in [1.165, 1.54) is 0 Å². The van der Waals surface area contributed by atoms with Crippen LogP contribution in [0.1, 0.15) is 32.6 Å². The lowest BCUT2D eigenvalue weighted by Gasteiger charge is -2.69. The first-order chi connectivity index (χ1) is 15.8. The van der Waals surface area contributed by atoms with Crippen molar-refractivity contribution in [3.63, 3.8) is 0 Å². The van der Waals surface area contributed by atoms with Crippen molar-refractivity contribution >= 4 is 0 Å². The number of likely N-dealkylation sites (N-methyl/N-ethyl adjacent to an activating group) is 1. The normalized spacial score (nSPS) is 60.9. The van der Waals surface area contributed by atoms with E-state index in [1.54, 1.807) is 28.4 Å². The van der Waals surface area contributed by atoms with E-state index in [-0.39, 0.29) is 47.3 Å². The molecule has 0 unspecified atom stereocenters. The molecule has 1 heterocycles. The molecule has 8 nitrogen and oxygen atoms in total. The van der Waals surface area contributed by atoms with Crippen LogP contribution in [-0.2, 0) is 18.9 Å². The fourth-order valence-corrected chi connectivity index (χ4v) is 11.0. The summed E-state index contributed by atoms with van der Waals surface area (Å²) in [5.41, 5.74) is -3.82. The maximum atomic E-state index is 12.9. The van der Waals surface area contributed by atoms with E-state index in [1.807, 2.05) is 0 Å². The van der Waals surface area contributed by atoms with Gasteiger partial charge in [0.2, 0.25) is 0 Å². The topological polar surface area (TPSA) is 101 Å². The van der Waals surface area contributed by atoms with E-state index in [0.29, 0.717) is 19.4 Å². The molecule has 13 atom stereocenters. The lowest BCUT2D eigenvalue weighted by Crippen LogP contribution is -2.82. The fourth-order valence-electron chi connectivity index (χ4n) is 11.0. The Morgan fingerprint density at radius 2 is 1.82 bits per heavy atom. The van der Waals surface area contributed by atoms with Crippen molar-refractivity contribution < 1.29 is 34.3 Å². The Kier molecular flexibility index (Phi) is 4.99. The van der Waals surface area contributed by atoms with Gasteiger partial charge in [-0.3, -0.25) is 4.90 Å². The minimum absolute atomic E-state index is 0.00825. The second-order valence-electron chi connectivity index (χ2n) is 11.9. The summed E-state index contributed by atoms with van der Waals surface area (Å²) in [6.07, 6.45) is 1.06. The van der Waals surface area contributed by atoms with Gasteiger partial charge in [-0.25, -0.2) is 0 Å². The van der Waals surface area contributed by atoms with Crippen LogP contribution in [-0.4, -0.2) is 110 Å². The van der Waals surface area contributed by atoms with Crippen molar-refractivity contribution in [2.45, 2.75) is 74.3 Å². The summed E-state index contributed by atoms with van der Waals surface area (Å²) in [4.78, 5) is 2.33. The van der Waals surface area contributed by atoms with Gasteiger partial charge in [-0.1, -0.05) is 6.92 Å². The first kappa shape index (κ1) is 23.1. The molecule has 0 aromatic carbocycles. The molecule has 0 amide bonds. The monoisotopic (exact) mass is 467 g/mol. The Hall–Kier alpha value is -0.320. The lowest BCUT2D eigenvalue weighted by atomic mass is 9.42. The molecular weight excluding hydrogens is 426 g/mol. The van der Waals surface area contributed by atoms with Gasteiger partial charge >= 0.3 is 0 Å². The maximum Gasteiger partial charge on any atom is 0.136 e. The van der Waals surface area contributed by atoms with Crippen LogP contribution >= 0.6 is 0 Å². The number of fused-ring (bicyclic) bond motifs is 2. The number of rotatable bonds is 6. The molecular formula is C25H41NO7. The number of aliphatic hydroxyl groups is 3. The van der Waals surface area contributed by atoms with Crippen molar-refractivity contribution in [1.82, 2.24) is 4.90 Å². The van der Waals surface area contributed by atoms with Gasteiger partial charge in [0.05, 0.1) is 37.1 Å². The van der Waals surface area contributed by atoms with Crippen LogP contribution in [0.25, 0.3) is 0 Å². The van der Waals surface area contributed by atoms with Crippen molar-refractivity contribution in [2.75, 3.05) is 48.1 Å². The third kappa shape index (κ3) is 2.20. The zero-order valence-electron chi connectivity index (χ0n) is 20.6. The molecule has 6 rings (SSSR count). The molecule has 3 N–H and O–H groups in total. The SMILES string of the molecule is CCN1C[C@]2(COC)CC[C@H](O)[C@@]34[C@@H]5C[C@H]6[C@H](OC)[C@@H]5[C@](O)(C[C@@H]6OC)[C@@](O)([C@@H](OC)[C@@H]23)[C@@H]14. The largest absolute Gasteiger partial charge is 0.392 e. The average molecular weight is 468 g/mol. The molecule has 0 radical (unpaired) electrons. The highest BCUT2D eigenvalue weighted by molar-refractivity contribution is 5.41. The predicted molar refractivity (Wildman–Crippen MR) is 119 cm³/mol. The summed E-state index contributed by atoms with van der Waals surface area (Å²) < 4.78 is 24.0. The molecule has 7 bridgehead atoms. The first-order valence-electron chi connectivity index (χ1n) is 12.7. The Bertz CT molecular complexity index is 814. The van der Waals surface area contributed by atoms with Gasteiger partial charge < -0.3 is 34.3 Å². The van der Waals surface area contributed by atoms with Crippen molar-refractivity contribution in [3.05, 3.63) is 0 Å². The van der Waals surface area contributed by atoms with Gasteiger partial charge in [0.15, 0.2) is 0 Å². The van der Waals surface area contributed by atoms with Crippen molar-refractivity contribution in [2.24, 2.45) is 34.5 Å². The summed E-state index contributed by atoms with van der Waals surface area (Å²) in [5, 5.41) is 37.6. The summed E-state index contributed by atoms with van der Waals surface area (Å²) in [5.74, 6) is -0.231. The standard InChI is InChI=1S/C25H41NO7/c1-6-26-11-22(12-30-2)8-7-16(27)24-14-9-13-15(31-3)10-23(28,17(14)18(13)32-4)25(29,21(24)26)20(33-5)19(22)24/h13-21,27-29H,6-12H2,1-5H3/t13-,14-,15+,16+,17-,18+,19+,20+,21+,22+,23-,24+,25-/m1/s1. The summed E-state index contributed by atoms with van der Waals surface area (Å²) >= 11 is 0. The molecule has 1 spiro atoms. The van der Waals surface area contributed by atoms with E-state index in [9.17, 15) is 15.3 Å². The zero-order valence-corrected chi connectivity index (χ0v) is 20.6. The fraction of sp³-hybridized carbons (Fsp3) is 1.00. The molecule has 33 heavy (non-hydrogen) atoms. The van der Waals surface area contributed by atoms with Gasteiger partial charge in [-0.15, -0.1) is 0 Å². The second kappa shape index (κ2) is 7.13. The molecule has 1 aliphatic heterocycles. The van der Waals surface area contributed by atoms with Crippen LogP contribution in [0, 0.1) is 34.5 Å². The molecule has 1 saturated heterocycles. The molecule has 5 saturated carbocycles. The number of likely N-dealkylation sites (tertiary alicyclic amines) is 1. The van der Waals surface area contributed by atoms with E-state index in [4.69, 9.17) is 18.9 Å². The average Bonchev–Trinajstić information content (AvgIpc) is 3.22. The Morgan fingerprint density at radius 1 is 1.06 bits per heavy atom. The van der Waals surface area contributed by atoms with Gasteiger partial charge in [0.1, 0.15) is 11.2 Å². The molecule has 8 heteroatoms. The van der Waals surface area contributed by atoms with Gasteiger partial charge in [-0.2, -0.15) is 0 Å². The number of aliphatic hydroxyl groups excluding tert-OH is 1. The highest BCUT2D eigenvalue weighted by Crippen LogP contribution is 2.80. The van der Waals surface area contributed by atoms with Crippen LogP contribution in [0.4, 0.5) is 0 Å². The molecule has 6 aliphatic rings. The number of hydrogen-bond donors (Lipinski definition) is 3. The summed E-state index contributed by atoms with van der Waals surface area (Å²) in [7, 11) is 6.79. The highest BCUT2D eigenvalue weighted by Gasteiger charge is 2.91. The summed E-state index contributed by atoms with van der Waals surface area (Å²) in [6.45, 7) is 4.18. The third-order valence-corrected chi connectivity index (χ3v) is 11.5. The van der Waals surface area contributed by atoms with Crippen LogP contribution in [0.5, 0.6) is 0 Å². The number of hydrogen-bond acceptors (Lipinski definition) is 8. The Morgan fingerprint density at radius 3 is 2.42 bits per heavy atom. The minimum atomic E-state index is -1.55. The number of nitrogens with zero attached hydrogens (tertiary/aromatic N) is 1. The van der Waals surface area contributed by atoms with Crippen LogP contribution in [0.15, 0.2) is 0 Å². The second-order valence-corrected chi connectivity index (χ2v) is 11.9. The van der Waals surface area contributed by atoms with Gasteiger partial charge in [0.25, 0.3) is 0 Å². The number of piperidine rings is 1. The number of methoxy groups -OCH3 is 4. The maximum absolute atomic E-state index is 12.9. The lowest BCUT2D eigenvalue weighted by molar-refractivity contribution is -0.318. The highest BCUT2D eigenvalue weighted by atomic mass is 16.5. The quantitative estimate of drug-likeness (QED) is 0.512. The smallest absolute Gasteiger partial charge is 0.136 e. The predicted octanol–water partition coefficient (Wildman–Crippen LogP) is 0.271. The molecule has 5 aliphatic carbocycles. The first-order valence-corrected chi connectivity index (χ1v) is 12.7.